The Hall–Kier alpha value is -1.02. The summed E-state index contributed by atoms with van der Waals surface area (Å²) >= 11 is 0. The van der Waals surface area contributed by atoms with Crippen molar-refractivity contribution >= 4 is 6.47 Å². The van der Waals surface area contributed by atoms with Crippen LogP contribution in [0.2, 0.25) is 0 Å². The van der Waals surface area contributed by atoms with E-state index in [-0.39, 0.29) is 12.0 Å². The van der Waals surface area contributed by atoms with Gasteiger partial charge in [-0.1, -0.05) is 25.3 Å². The van der Waals surface area contributed by atoms with Crippen molar-refractivity contribution in [3.05, 3.63) is 11.6 Å². The van der Waals surface area contributed by atoms with Crippen LogP contribution in [-0.4, -0.2) is 59.0 Å². The van der Waals surface area contributed by atoms with E-state index in [1.54, 1.807) is 0 Å². The molecule has 0 aromatic heterocycles. The average molecular weight is 317 g/mol. The van der Waals surface area contributed by atoms with E-state index >= 15 is 0 Å². The molecule has 0 aromatic carbocycles. The normalized spacial score (nSPS) is 36.7. The van der Waals surface area contributed by atoms with Crippen molar-refractivity contribution < 1.29 is 29.2 Å². The molecule has 22 heavy (non-hydrogen) atoms. The fourth-order valence-electron chi connectivity index (χ4n) is 3.28. The van der Waals surface area contributed by atoms with Crippen molar-refractivity contribution in [2.24, 2.45) is 5.92 Å². The molecule has 1 fully saturated rings. The van der Waals surface area contributed by atoms with Gasteiger partial charge < -0.3 is 25.4 Å². The van der Waals surface area contributed by atoms with Crippen LogP contribution in [0.5, 0.6) is 0 Å². The van der Waals surface area contributed by atoms with Gasteiger partial charge >= 0.3 is 0 Å². The van der Waals surface area contributed by atoms with Crippen LogP contribution in [0.3, 0.4) is 0 Å². The second-order valence-electron chi connectivity index (χ2n) is 6.12. The molecule has 0 aliphatic heterocycles. The third kappa shape index (κ3) is 3.48. The maximum Gasteiger partial charge on any atom is 0.295 e. The van der Waals surface area contributed by atoms with E-state index in [1.807, 2.05) is 0 Å². The fourth-order valence-corrected chi connectivity index (χ4v) is 3.28. The highest BCUT2D eigenvalue weighted by Gasteiger charge is 2.52. The summed E-state index contributed by atoms with van der Waals surface area (Å²) in [6.07, 6.45) is 3.53. The van der Waals surface area contributed by atoms with Crippen molar-refractivity contribution in [3.8, 4) is 0 Å². The zero-order valence-electron chi connectivity index (χ0n) is 12.4. The van der Waals surface area contributed by atoms with E-state index in [1.165, 1.54) is 12.5 Å². The van der Waals surface area contributed by atoms with Crippen LogP contribution in [0.25, 0.3) is 0 Å². The summed E-state index contributed by atoms with van der Waals surface area (Å²) in [6.45, 7) is -0.370. The molecule has 6 nitrogen and oxygen atoms in total. The summed E-state index contributed by atoms with van der Waals surface area (Å²) in [5, 5.41) is 33.3. The first-order chi connectivity index (χ1) is 10.5. The number of rotatable bonds is 6. The van der Waals surface area contributed by atoms with E-state index in [2.05, 4.69) is 10.1 Å². The van der Waals surface area contributed by atoms with Crippen LogP contribution in [0, 0.1) is 5.92 Å². The summed E-state index contributed by atoms with van der Waals surface area (Å²) < 4.78 is 17.6. The Bertz CT molecular complexity index is 413. The zero-order chi connectivity index (χ0) is 16.2. The molecule has 7 heteroatoms. The Morgan fingerprint density at radius 1 is 1.36 bits per heavy atom. The number of ether oxygens (including phenoxy) is 1. The monoisotopic (exact) mass is 317 g/mol. The molecule has 0 heterocycles. The number of carbonyl (C=O) groups excluding carboxylic acids is 1. The van der Waals surface area contributed by atoms with Crippen molar-refractivity contribution in [1.82, 2.24) is 5.32 Å². The van der Waals surface area contributed by atoms with E-state index in [0.29, 0.717) is 12.5 Å². The number of alkyl halides is 1. The summed E-state index contributed by atoms with van der Waals surface area (Å²) in [6, 6.07) is -0.969. The number of hydrogen-bond donors (Lipinski definition) is 4. The first kappa shape index (κ1) is 17.3. The highest BCUT2D eigenvalue weighted by molar-refractivity contribution is 5.40. The highest BCUT2D eigenvalue weighted by Crippen LogP contribution is 2.31. The van der Waals surface area contributed by atoms with Gasteiger partial charge in [-0.25, -0.2) is 4.39 Å². The maximum atomic E-state index is 12.9. The number of nitrogens with one attached hydrogen (secondary N) is 1. The third-order valence-electron chi connectivity index (χ3n) is 4.67. The Morgan fingerprint density at radius 3 is 2.64 bits per heavy atom. The minimum Gasteiger partial charge on any atom is -0.430 e. The lowest BCUT2D eigenvalue weighted by molar-refractivity contribution is -0.264. The van der Waals surface area contributed by atoms with Gasteiger partial charge in [0.1, 0.15) is 12.8 Å². The van der Waals surface area contributed by atoms with Gasteiger partial charge in [0, 0.05) is 0 Å². The minimum absolute atomic E-state index is 0.0134. The lowest BCUT2D eigenvalue weighted by Gasteiger charge is -2.43. The number of aliphatic hydroxyl groups is 3. The van der Waals surface area contributed by atoms with Crippen LogP contribution in [-0.2, 0) is 9.53 Å². The van der Waals surface area contributed by atoms with E-state index in [9.17, 15) is 24.5 Å². The van der Waals surface area contributed by atoms with Gasteiger partial charge in [0.2, 0.25) is 0 Å². The van der Waals surface area contributed by atoms with Crippen molar-refractivity contribution in [1.29, 1.82) is 0 Å². The van der Waals surface area contributed by atoms with Crippen molar-refractivity contribution in [2.45, 2.75) is 56.1 Å². The van der Waals surface area contributed by atoms with Crippen molar-refractivity contribution in [2.75, 3.05) is 13.2 Å². The molecule has 2 aliphatic carbocycles. The molecule has 0 unspecified atom stereocenters. The molecule has 2 aliphatic rings. The van der Waals surface area contributed by atoms with Gasteiger partial charge in [0.05, 0.1) is 6.04 Å². The summed E-state index contributed by atoms with van der Waals surface area (Å²) in [4.78, 5) is 10.6. The second-order valence-corrected chi connectivity index (χ2v) is 6.12. The second kappa shape index (κ2) is 7.50. The van der Waals surface area contributed by atoms with Gasteiger partial charge in [-0.15, -0.1) is 0 Å². The molecule has 2 rings (SSSR count). The van der Waals surface area contributed by atoms with Crippen LogP contribution in [0.15, 0.2) is 11.6 Å². The quantitative estimate of drug-likeness (QED) is 0.313. The number of carbonyl (C=O) groups is 1. The molecule has 0 aromatic rings. The minimum atomic E-state index is -2.31. The number of halogens is 1. The van der Waals surface area contributed by atoms with Crippen LogP contribution in [0.1, 0.15) is 32.1 Å². The lowest BCUT2D eigenvalue weighted by atomic mass is 9.84. The molecule has 0 radical (unpaired) electrons. The lowest BCUT2D eigenvalue weighted by Crippen LogP contribution is -2.65. The Morgan fingerprint density at radius 2 is 2.05 bits per heavy atom. The van der Waals surface area contributed by atoms with Crippen LogP contribution in [0.4, 0.5) is 4.39 Å². The topological polar surface area (TPSA) is 99.0 Å². The maximum absolute atomic E-state index is 12.9. The molecule has 4 atom stereocenters. The summed E-state index contributed by atoms with van der Waals surface area (Å²) in [5.74, 6) is -1.88. The van der Waals surface area contributed by atoms with Gasteiger partial charge in [0.25, 0.3) is 12.3 Å². The Labute approximate surface area is 129 Å². The predicted octanol–water partition coefficient (Wildman–Crippen LogP) is 0.0178. The molecule has 0 bridgehead atoms. The summed E-state index contributed by atoms with van der Waals surface area (Å²) in [5.41, 5.74) is -0.0344. The molecular formula is C15H24FNO5. The molecular weight excluding hydrogens is 293 g/mol. The molecule has 126 valence electrons. The molecule has 1 saturated carbocycles. The smallest absolute Gasteiger partial charge is 0.295 e. The summed E-state index contributed by atoms with van der Waals surface area (Å²) in [7, 11) is 0. The first-order valence-electron chi connectivity index (χ1n) is 7.72. The number of aliphatic hydroxyl groups excluding tert-OH is 2. The van der Waals surface area contributed by atoms with Crippen LogP contribution >= 0.6 is 0 Å². The van der Waals surface area contributed by atoms with Crippen LogP contribution < -0.4 is 5.32 Å². The van der Waals surface area contributed by atoms with Gasteiger partial charge in [-0.3, -0.25) is 4.79 Å². The van der Waals surface area contributed by atoms with Gasteiger partial charge in [-0.2, -0.15) is 0 Å². The Balaban J connectivity index is 2.11. The van der Waals surface area contributed by atoms with Gasteiger partial charge in [-0.05, 0) is 30.9 Å². The SMILES string of the molecule is O=CO[C@@]1(O)[C@H](NCC2CCCCC2)C=C(CF)[C@H](O)[C@@H]1O. The van der Waals surface area contributed by atoms with E-state index in [0.717, 1.165) is 25.7 Å². The van der Waals surface area contributed by atoms with E-state index < -0.39 is 30.7 Å². The van der Waals surface area contributed by atoms with Crippen molar-refractivity contribution in [3.63, 3.8) is 0 Å². The molecule has 0 saturated heterocycles. The first-order valence-corrected chi connectivity index (χ1v) is 7.72. The average Bonchev–Trinajstić information content (AvgIpc) is 2.53. The van der Waals surface area contributed by atoms with E-state index in [4.69, 9.17) is 0 Å². The largest absolute Gasteiger partial charge is 0.430 e. The fraction of sp³-hybridized carbons (Fsp3) is 0.800. The predicted molar refractivity (Wildman–Crippen MR) is 76.5 cm³/mol. The highest BCUT2D eigenvalue weighted by atomic mass is 19.1. The molecule has 0 amide bonds. The zero-order valence-corrected chi connectivity index (χ0v) is 12.4. The standard InChI is InChI=1S/C15H24FNO5/c16-7-11-6-12(17-8-10-4-2-1-3-5-10)15(21,22-9-18)14(20)13(11)19/h6,9-10,12-14,17,19-21H,1-5,7-8H2/t12-,13+,14+,15+/m1/s1. The van der Waals surface area contributed by atoms with Gasteiger partial charge in [0.15, 0.2) is 6.10 Å². The number of hydrogen-bond acceptors (Lipinski definition) is 6. The Kier molecular flexibility index (Phi) is 5.91. The molecule has 0 spiro atoms. The third-order valence-corrected chi connectivity index (χ3v) is 4.67. The molecule has 4 N–H and O–H groups in total.